The Kier molecular flexibility index (Phi) is 11.4. The SMILES string of the molecule is COc1ccc(N(CCCC(=O)N(Cc2ccc(Cl)cc2)[C@@H](Cc2ccccc2)C(=O)NC(C)(C)C)S(C)(=O)=O)cc1. The fourth-order valence-electron chi connectivity index (χ4n) is 4.55. The lowest BCUT2D eigenvalue weighted by Crippen LogP contribution is -2.54. The largest absolute Gasteiger partial charge is 0.497 e. The van der Waals surface area contributed by atoms with Crippen molar-refractivity contribution in [2.24, 2.45) is 0 Å². The number of halogens is 1. The van der Waals surface area contributed by atoms with Crippen molar-refractivity contribution in [3.05, 3.63) is 95.0 Å². The topological polar surface area (TPSA) is 96.0 Å². The normalized spacial score (nSPS) is 12.3. The van der Waals surface area contributed by atoms with Crippen molar-refractivity contribution in [3.8, 4) is 5.75 Å². The number of anilines is 1. The summed E-state index contributed by atoms with van der Waals surface area (Å²) in [6.45, 7) is 5.99. The Bertz CT molecular complexity index is 1420. The molecule has 3 aromatic carbocycles. The average molecular weight is 614 g/mol. The van der Waals surface area contributed by atoms with E-state index in [1.54, 1.807) is 41.3 Å². The maximum atomic E-state index is 13.9. The fourth-order valence-corrected chi connectivity index (χ4v) is 5.64. The number of carbonyl (C=O) groups is 2. The van der Waals surface area contributed by atoms with Gasteiger partial charge in [-0.15, -0.1) is 0 Å². The molecular formula is C32H40ClN3O5S. The van der Waals surface area contributed by atoms with Gasteiger partial charge < -0.3 is 15.0 Å². The monoisotopic (exact) mass is 613 g/mol. The van der Waals surface area contributed by atoms with Crippen molar-refractivity contribution in [1.29, 1.82) is 0 Å². The zero-order chi connectivity index (χ0) is 30.9. The summed E-state index contributed by atoms with van der Waals surface area (Å²) < 4.78 is 31.7. The van der Waals surface area contributed by atoms with Gasteiger partial charge in [0.2, 0.25) is 21.8 Å². The summed E-state index contributed by atoms with van der Waals surface area (Å²) in [7, 11) is -2.07. The Morgan fingerprint density at radius 2 is 1.55 bits per heavy atom. The molecule has 10 heteroatoms. The average Bonchev–Trinajstić information content (AvgIpc) is 2.93. The first kappa shape index (κ1) is 32.9. The molecule has 1 N–H and O–H groups in total. The summed E-state index contributed by atoms with van der Waals surface area (Å²) in [5.41, 5.74) is 1.72. The number of rotatable bonds is 13. The molecule has 0 heterocycles. The zero-order valence-electron chi connectivity index (χ0n) is 24.8. The molecule has 0 radical (unpaired) electrons. The number of sulfonamides is 1. The third-order valence-electron chi connectivity index (χ3n) is 6.55. The van der Waals surface area contributed by atoms with E-state index in [9.17, 15) is 18.0 Å². The quantitative estimate of drug-likeness (QED) is 0.277. The van der Waals surface area contributed by atoms with Gasteiger partial charge in [0.15, 0.2) is 0 Å². The van der Waals surface area contributed by atoms with Gasteiger partial charge in [-0.2, -0.15) is 0 Å². The summed E-state index contributed by atoms with van der Waals surface area (Å²) in [4.78, 5) is 29.2. The molecule has 0 saturated heterocycles. The van der Waals surface area contributed by atoms with Crippen LogP contribution in [-0.4, -0.2) is 56.6 Å². The Balaban J connectivity index is 1.88. The number of hydrogen-bond acceptors (Lipinski definition) is 5. The van der Waals surface area contributed by atoms with E-state index in [2.05, 4.69) is 5.32 Å². The number of benzene rings is 3. The number of carbonyl (C=O) groups excluding carboxylic acids is 2. The summed E-state index contributed by atoms with van der Waals surface area (Å²) in [6.07, 6.45) is 1.76. The van der Waals surface area contributed by atoms with E-state index in [0.717, 1.165) is 17.4 Å². The summed E-state index contributed by atoms with van der Waals surface area (Å²) >= 11 is 6.10. The Labute approximate surface area is 254 Å². The van der Waals surface area contributed by atoms with Crippen molar-refractivity contribution < 1.29 is 22.7 Å². The van der Waals surface area contributed by atoms with Crippen LogP contribution in [0.15, 0.2) is 78.9 Å². The highest BCUT2D eigenvalue weighted by molar-refractivity contribution is 7.92. The second-order valence-electron chi connectivity index (χ2n) is 11.2. The molecule has 2 amide bonds. The molecule has 0 saturated carbocycles. The number of ether oxygens (including phenoxy) is 1. The molecule has 3 rings (SSSR count). The van der Waals surface area contributed by atoms with E-state index in [1.807, 2.05) is 63.2 Å². The molecule has 0 aromatic heterocycles. The zero-order valence-corrected chi connectivity index (χ0v) is 26.4. The molecule has 0 aliphatic heterocycles. The number of nitrogens with zero attached hydrogens (tertiary/aromatic N) is 2. The van der Waals surface area contributed by atoms with Crippen molar-refractivity contribution in [1.82, 2.24) is 10.2 Å². The van der Waals surface area contributed by atoms with Crippen LogP contribution in [-0.2, 0) is 32.6 Å². The fraction of sp³-hybridized carbons (Fsp3) is 0.375. The van der Waals surface area contributed by atoms with E-state index >= 15 is 0 Å². The van der Waals surface area contributed by atoms with Crippen LogP contribution in [0.3, 0.4) is 0 Å². The second-order valence-corrected chi connectivity index (χ2v) is 13.6. The minimum Gasteiger partial charge on any atom is -0.497 e. The minimum atomic E-state index is -3.61. The van der Waals surface area contributed by atoms with Crippen molar-refractivity contribution in [2.45, 2.75) is 58.2 Å². The van der Waals surface area contributed by atoms with Crippen LogP contribution < -0.4 is 14.4 Å². The maximum Gasteiger partial charge on any atom is 0.243 e. The van der Waals surface area contributed by atoms with Crippen molar-refractivity contribution in [3.63, 3.8) is 0 Å². The lowest BCUT2D eigenvalue weighted by molar-refractivity contribution is -0.142. The van der Waals surface area contributed by atoms with Gasteiger partial charge in [0.25, 0.3) is 0 Å². The number of hydrogen-bond donors (Lipinski definition) is 1. The molecular weight excluding hydrogens is 574 g/mol. The molecule has 226 valence electrons. The highest BCUT2D eigenvalue weighted by atomic mass is 35.5. The third-order valence-corrected chi connectivity index (χ3v) is 7.99. The number of methoxy groups -OCH3 is 1. The van der Waals surface area contributed by atoms with Crippen LogP contribution in [0.25, 0.3) is 0 Å². The van der Waals surface area contributed by atoms with Gasteiger partial charge in [-0.3, -0.25) is 13.9 Å². The van der Waals surface area contributed by atoms with Crippen molar-refractivity contribution in [2.75, 3.05) is 24.2 Å². The number of amides is 2. The summed E-state index contributed by atoms with van der Waals surface area (Å²) in [6, 6.07) is 22.7. The maximum absolute atomic E-state index is 13.9. The van der Waals surface area contributed by atoms with Crippen LogP contribution >= 0.6 is 11.6 Å². The van der Waals surface area contributed by atoms with Gasteiger partial charge in [-0.05, 0) is 74.7 Å². The van der Waals surface area contributed by atoms with E-state index < -0.39 is 21.6 Å². The van der Waals surface area contributed by atoms with E-state index in [0.29, 0.717) is 22.9 Å². The van der Waals surface area contributed by atoms with E-state index in [-0.39, 0.29) is 37.7 Å². The van der Waals surface area contributed by atoms with Crippen LogP contribution in [0, 0.1) is 0 Å². The molecule has 0 unspecified atom stereocenters. The van der Waals surface area contributed by atoms with Crippen LogP contribution in [0.1, 0.15) is 44.7 Å². The van der Waals surface area contributed by atoms with Crippen LogP contribution in [0.5, 0.6) is 5.75 Å². The third kappa shape index (κ3) is 10.1. The molecule has 3 aromatic rings. The van der Waals surface area contributed by atoms with E-state index in [1.165, 1.54) is 11.4 Å². The minimum absolute atomic E-state index is 0.0455. The highest BCUT2D eigenvalue weighted by Gasteiger charge is 2.32. The first-order valence-corrected chi connectivity index (χ1v) is 16.0. The first-order valence-electron chi connectivity index (χ1n) is 13.8. The molecule has 42 heavy (non-hydrogen) atoms. The molecule has 1 atom stereocenters. The van der Waals surface area contributed by atoms with E-state index in [4.69, 9.17) is 16.3 Å². The smallest absolute Gasteiger partial charge is 0.243 e. The van der Waals surface area contributed by atoms with Crippen LogP contribution in [0.4, 0.5) is 5.69 Å². The Hall–Kier alpha value is -3.56. The summed E-state index contributed by atoms with van der Waals surface area (Å²) in [5, 5.41) is 3.61. The predicted molar refractivity (Wildman–Crippen MR) is 168 cm³/mol. The molecule has 0 aliphatic rings. The Morgan fingerprint density at radius 1 is 0.929 bits per heavy atom. The first-order chi connectivity index (χ1) is 19.8. The van der Waals surface area contributed by atoms with Gasteiger partial charge in [-0.25, -0.2) is 8.42 Å². The number of nitrogens with one attached hydrogen (secondary N) is 1. The second kappa shape index (κ2) is 14.6. The predicted octanol–water partition coefficient (Wildman–Crippen LogP) is 5.45. The highest BCUT2D eigenvalue weighted by Crippen LogP contribution is 2.23. The molecule has 0 bridgehead atoms. The van der Waals surface area contributed by atoms with Gasteiger partial charge in [0.1, 0.15) is 11.8 Å². The lowest BCUT2D eigenvalue weighted by atomic mass is 10.00. The van der Waals surface area contributed by atoms with Crippen molar-refractivity contribution >= 4 is 39.1 Å². The Morgan fingerprint density at radius 3 is 2.10 bits per heavy atom. The van der Waals surface area contributed by atoms with Gasteiger partial charge in [0, 0.05) is 36.5 Å². The molecule has 0 aliphatic carbocycles. The lowest BCUT2D eigenvalue weighted by Gasteiger charge is -2.34. The van der Waals surface area contributed by atoms with Gasteiger partial charge in [-0.1, -0.05) is 54.1 Å². The van der Waals surface area contributed by atoms with Gasteiger partial charge >= 0.3 is 0 Å². The molecule has 0 fully saturated rings. The standard InChI is InChI=1S/C32H40ClN3O5S/c1-32(2,3)34-31(38)29(22-24-10-7-6-8-11-24)35(23-25-13-15-26(33)16-14-25)30(37)12-9-21-36(42(5,39)40)27-17-19-28(41-4)20-18-27/h6-8,10-11,13-20,29H,9,12,21-23H2,1-5H3,(H,34,38)/t29-/m0/s1. The van der Waals surface area contributed by atoms with Crippen LogP contribution in [0.2, 0.25) is 5.02 Å². The molecule has 8 nitrogen and oxygen atoms in total. The van der Waals surface area contributed by atoms with Gasteiger partial charge in [0.05, 0.1) is 19.1 Å². The molecule has 0 spiro atoms. The summed E-state index contributed by atoms with van der Waals surface area (Å²) in [5.74, 6) is 0.0981.